The van der Waals surface area contributed by atoms with Gasteiger partial charge in [0, 0.05) is 42.5 Å². The van der Waals surface area contributed by atoms with E-state index < -0.39 is 10.0 Å². The molecule has 0 spiro atoms. The maximum atomic E-state index is 12.7. The monoisotopic (exact) mass is 560 g/mol. The number of aryl methyl sites for hydroxylation is 1. The lowest BCUT2D eigenvalue weighted by Gasteiger charge is -2.31. The summed E-state index contributed by atoms with van der Waals surface area (Å²) in [5.41, 5.74) is 2.12. The van der Waals surface area contributed by atoms with Crippen molar-refractivity contribution in [1.82, 2.24) is 19.9 Å². The molecule has 0 unspecified atom stereocenters. The number of likely N-dealkylation sites (tertiary alicyclic amines) is 1. The zero-order valence-corrected chi connectivity index (χ0v) is 22.8. The van der Waals surface area contributed by atoms with Crippen molar-refractivity contribution in [3.8, 4) is 0 Å². The summed E-state index contributed by atoms with van der Waals surface area (Å²) in [7, 11) is -3.63. The van der Waals surface area contributed by atoms with E-state index in [0.717, 1.165) is 29.0 Å². The molecule has 0 aliphatic carbocycles. The van der Waals surface area contributed by atoms with Gasteiger partial charge in [-0.3, -0.25) is 9.59 Å². The van der Waals surface area contributed by atoms with Crippen molar-refractivity contribution in [2.75, 3.05) is 26.2 Å². The van der Waals surface area contributed by atoms with Crippen molar-refractivity contribution in [1.29, 1.82) is 0 Å². The van der Waals surface area contributed by atoms with E-state index in [9.17, 15) is 18.0 Å². The molecule has 3 aromatic rings. The van der Waals surface area contributed by atoms with Crippen LogP contribution in [-0.2, 0) is 21.2 Å². The molecule has 1 fully saturated rings. The van der Waals surface area contributed by atoms with Crippen LogP contribution in [0, 0.1) is 6.92 Å². The van der Waals surface area contributed by atoms with Crippen LogP contribution in [0.5, 0.6) is 0 Å². The fourth-order valence-corrected chi connectivity index (χ4v) is 6.33. The highest BCUT2D eigenvalue weighted by Crippen LogP contribution is 2.30. The third kappa shape index (κ3) is 7.16. The van der Waals surface area contributed by atoms with Crippen molar-refractivity contribution in [3.63, 3.8) is 0 Å². The Morgan fingerprint density at radius 1 is 1.08 bits per heavy atom. The van der Waals surface area contributed by atoms with Crippen LogP contribution in [0.2, 0.25) is 5.02 Å². The third-order valence-electron chi connectivity index (χ3n) is 6.28. The van der Waals surface area contributed by atoms with Crippen molar-refractivity contribution in [2.24, 2.45) is 0 Å². The van der Waals surface area contributed by atoms with Crippen LogP contribution in [0.1, 0.15) is 45.4 Å². The Bertz CT molecular complexity index is 1350. The minimum Gasteiger partial charge on any atom is -0.349 e. The minimum atomic E-state index is -3.63. The average Bonchev–Trinajstić information content (AvgIpc) is 3.39. The lowest BCUT2D eigenvalue weighted by Crippen LogP contribution is -2.38. The van der Waals surface area contributed by atoms with Crippen LogP contribution in [-0.4, -0.2) is 56.3 Å². The van der Waals surface area contributed by atoms with Crippen molar-refractivity contribution < 1.29 is 18.0 Å². The molecule has 196 valence electrons. The molecule has 1 aliphatic rings. The van der Waals surface area contributed by atoms with Crippen LogP contribution in [0.15, 0.2) is 58.8 Å². The highest BCUT2D eigenvalue weighted by Gasteiger charge is 2.26. The predicted molar refractivity (Wildman–Crippen MR) is 145 cm³/mol. The number of amides is 2. The van der Waals surface area contributed by atoms with E-state index in [1.54, 1.807) is 35.7 Å². The highest BCUT2D eigenvalue weighted by atomic mass is 35.5. The normalized spacial score (nSPS) is 14.5. The topological polar surface area (TPSA) is 108 Å². The summed E-state index contributed by atoms with van der Waals surface area (Å²) >= 11 is 7.62. The zero-order chi connectivity index (χ0) is 26.4. The Morgan fingerprint density at radius 3 is 2.49 bits per heavy atom. The first kappa shape index (κ1) is 27.3. The first-order chi connectivity index (χ1) is 17.7. The van der Waals surface area contributed by atoms with Gasteiger partial charge < -0.3 is 10.2 Å². The van der Waals surface area contributed by atoms with E-state index in [-0.39, 0.29) is 42.1 Å². The number of nitrogens with zero attached hydrogens (tertiary/aromatic N) is 2. The quantitative estimate of drug-likeness (QED) is 0.387. The van der Waals surface area contributed by atoms with Crippen molar-refractivity contribution in [3.05, 3.63) is 80.8 Å². The smallest absolute Gasteiger partial charge is 0.270 e. The Labute approximate surface area is 226 Å². The number of carbonyl (C=O) groups excluding carboxylic acids is 2. The molecule has 2 amide bonds. The number of sulfonamides is 1. The fourth-order valence-electron chi connectivity index (χ4n) is 4.12. The van der Waals surface area contributed by atoms with E-state index in [4.69, 9.17) is 11.6 Å². The second kappa shape index (κ2) is 12.2. The molecule has 8 nitrogen and oxygen atoms in total. The lowest BCUT2D eigenvalue weighted by molar-refractivity contribution is -0.131. The van der Waals surface area contributed by atoms with Gasteiger partial charge in [-0.2, -0.15) is 0 Å². The summed E-state index contributed by atoms with van der Waals surface area (Å²) in [6, 6.07) is 13.9. The number of thiazole rings is 1. The molecule has 0 atom stereocenters. The SMILES string of the molecule is Cc1ccc(S(=O)(=O)NCCNC(=O)c2csc(C3CCN(C(=O)Cc4ccccc4Cl)CC3)n2)cc1. The third-order valence-corrected chi connectivity index (χ3v) is 9.14. The minimum absolute atomic E-state index is 0.0590. The van der Waals surface area contributed by atoms with Gasteiger partial charge in [0.15, 0.2) is 0 Å². The summed E-state index contributed by atoms with van der Waals surface area (Å²) in [4.78, 5) is 31.8. The van der Waals surface area contributed by atoms with Gasteiger partial charge in [-0.25, -0.2) is 18.1 Å². The van der Waals surface area contributed by atoms with Crippen LogP contribution in [0.4, 0.5) is 0 Å². The summed E-state index contributed by atoms with van der Waals surface area (Å²) in [5.74, 6) is -0.0922. The number of hydrogen-bond acceptors (Lipinski definition) is 6. The van der Waals surface area contributed by atoms with Gasteiger partial charge in [-0.1, -0.05) is 47.5 Å². The van der Waals surface area contributed by atoms with E-state index in [0.29, 0.717) is 23.8 Å². The van der Waals surface area contributed by atoms with Gasteiger partial charge in [0.1, 0.15) is 5.69 Å². The number of carbonyl (C=O) groups is 2. The molecule has 1 aliphatic heterocycles. The number of halogens is 1. The molecule has 37 heavy (non-hydrogen) atoms. The molecular weight excluding hydrogens is 532 g/mol. The molecular formula is C26H29ClN4O4S2. The number of nitrogens with one attached hydrogen (secondary N) is 2. The predicted octanol–water partition coefficient (Wildman–Crippen LogP) is 3.76. The van der Waals surface area contributed by atoms with Gasteiger partial charge >= 0.3 is 0 Å². The van der Waals surface area contributed by atoms with Gasteiger partial charge in [0.2, 0.25) is 15.9 Å². The number of piperidine rings is 1. The molecule has 2 heterocycles. The Balaban J connectivity index is 1.22. The molecule has 11 heteroatoms. The van der Waals surface area contributed by atoms with Crippen LogP contribution >= 0.6 is 22.9 Å². The van der Waals surface area contributed by atoms with Crippen molar-refractivity contribution >= 4 is 44.8 Å². The van der Waals surface area contributed by atoms with Crippen LogP contribution in [0.25, 0.3) is 0 Å². The Hall–Kier alpha value is -2.79. The maximum Gasteiger partial charge on any atom is 0.270 e. The van der Waals surface area contributed by atoms with Gasteiger partial charge in [-0.15, -0.1) is 11.3 Å². The average molecular weight is 561 g/mol. The Morgan fingerprint density at radius 2 is 1.78 bits per heavy atom. The van der Waals surface area contributed by atoms with Gasteiger partial charge in [0.05, 0.1) is 16.3 Å². The molecule has 0 bridgehead atoms. The van der Waals surface area contributed by atoms with Gasteiger partial charge in [-0.05, 0) is 43.5 Å². The van der Waals surface area contributed by atoms with E-state index >= 15 is 0 Å². The summed E-state index contributed by atoms with van der Waals surface area (Å²) < 4.78 is 27.2. The second-order valence-electron chi connectivity index (χ2n) is 8.96. The molecule has 1 saturated heterocycles. The molecule has 4 rings (SSSR count). The largest absolute Gasteiger partial charge is 0.349 e. The van der Waals surface area contributed by atoms with Crippen LogP contribution in [0.3, 0.4) is 0 Å². The van der Waals surface area contributed by atoms with E-state index in [2.05, 4.69) is 15.0 Å². The summed E-state index contributed by atoms with van der Waals surface area (Å²) in [5, 5.41) is 5.91. The zero-order valence-electron chi connectivity index (χ0n) is 20.4. The summed E-state index contributed by atoms with van der Waals surface area (Å²) in [6.07, 6.45) is 1.85. The van der Waals surface area contributed by atoms with Gasteiger partial charge in [0.25, 0.3) is 5.91 Å². The summed E-state index contributed by atoms with van der Waals surface area (Å²) in [6.45, 7) is 3.37. The maximum absolute atomic E-state index is 12.7. The molecule has 0 radical (unpaired) electrons. The fraction of sp³-hybridized carbons (Fsp3) is 0.346. The first-order valence-electron chi connectivity index (χ1n) is 12.0. The number of hydrogen-bond donors (Lipinski definition) is 2. The molecule has 2 aromatic carbocycles. The number of rotatable bonds is 9. The van der Waals surface area contributed by atoms with E-state index in [1.165, 1.54) is 11.3 Å². The second-order valence-corrected chi connectivity index (χ2v) is 12.0. The lowest BCUT2D eigenvalue weighted by atomic mass is 9.97. The molecule has 0 saturated carbocycles. The molecule has 2 N–H and O–H groups in total. The standard InChI is InChI=1S/C26H29ClN4O4S2/c1-18-6-8-21(9-7-18)37(34,35)29-13-12-28-25(33)23-17-36-26(30-23)19-10-14-31(15-11-19)24(32)16-20-4-2-3-5-22(20)27/h2-9,17,19,29H,10-16H2,1H3,(H,28,33). The Kier molecular flexibility index (Phi) is 8.96. The first-order valence-corrected chi connectivity index (χ1v) is 14.8. The van der Waals surface area contributed by atoms with Crippen molar-refractivity contribution in [2.45, 2.75) is 37.0 Å². The highest BCUT2D eigenvalue weighted by molar-refractivity contribution is 7.89. The van der Waals surface area contributed by atoms with E-state index in [1.807, 2.05) is 30.0 Å². The molecule has 1 aromatic heterocycles. The number of aromatic nitrogens is 1. The van der Waals surface area contributed by atoms with Crippen LogP contribution < -0.4 is 10.0 Å². The number of benzene rings is 2.